The molecular formula is C16H12N4O2. The Morgan fingerprint density at radius 2 is 1.82 bits per heavy atom. The van der Waals surface area contributed by atoms with Gasteiger partial charge < -0.3 is 5.32 Å². The molecule has 2 heterocycles. The van der Waals surface area contributed by atoms with Gasteiger partial charge in [0.05, 0.1) is 17.6 Å². The highest BCUT2D eigenvalue weighted by molar-refractivity contribution is 6.02. The van der Waals surface area contributed by atoms with Crippen molar-refractivity contribution in [2.75, 3.05) is 5.32 Å². The fraction of sp³-hybridized carbons (Fsp3) is 0. The Hall–Kier alpha value is -3.28. The van der Waals surface area contributed by atoms with E-state index in [4.69, 9.17) is 0 Å². The van der Waals surface area contributed by atoms with Crippen LogP contribution < -0.4 is 10.9 Å². The quantitative estimate of drug-likeness (QED) is 0.799. The summed E-state index contributed by atoms with van der Waals surface area (Å²) >= 11 is 0. The van der Waals surface area contributed by atoms with Crippen molar-refractivity contribution < 1.29 is 4.79 Å². The Morgan fingerprint density at radius 1 is 1.00 bits per heavy atom. The summed E-state index contributed by atoms with van der Waals surface area (Å²) in [7, 11) is 0. The SMILES string of the molecule is O=C(Nc1cccnc1)c1ccc(=O)n(-c2ccccc2)n1. The lowest BCUT2D eigenvalue weighted by molar-refractivity contribution is 0.102. The third kappa shape index (κ3) is 2.90. The zero-order chi connectivity index (χ0) is 15.4. The minimum absolute atomic E-state index is 0.146. The molecule has 0 aliphatic carbocycles. The van der Waals surface area contributed by atoms with Gasteiger partial charge in [-0.1, -0.05) is 18.2 Å². The molecule has 6 nitrogen and oxygen atoms in total. The zero-order valence-corrected chi connectivity index (χ0v) is 11.5. The number of amides is 1. The molecule has 1 N–H and O–H groups in total. The molecule has 108 valence electrons. The van der Waals surface area contributed by atoms with Gasteiger partial charge in [0, 0.05) is 12.3 Å². The maximum absolute atomic E-state index is 12.2. The average molecular weight is 292 g/mol. The molecule has 0 atom stereocenters. The summed E-state index contributed by atoms with van der Waals surface area (Å²) in [6, 6.07) is 15.1. The van der Waals surface area contributed by atoms with Gasteiger partial charge in [0.1, 0.15) is 5.69 Å². The number of carbonyl (C=O) groups is 1. The maximum atomic E-state index is 12.2. The molecule has 0 spiro atoms. The van der Waals surface area contributed by atoms with Gasteiger partial charge in [-0.25, -0.2) is 0 Å². The van der Waals surface area contributed by atoms with Crippen molar-refractivity contribution in [3.8, 4) is 5.69 Å². The second-order valence-corrected chi connectivity index (χ2v) is 4.50. The summed E-state index contributed by atoms with van der Waals surface area (Å²) in [5, 5.41) is 6.79. The van der Waals surface area contributed by atoms with Gasteiger partial charge in [0.25, 0.3) is 11.5 Å². The largest absolute Gasteiger partial charge is 0.319 e. The van der Waals surface area contributed by atoms with Crippen molar-refractivity contribution in [1.82, 2.24) is 14.8 Å². The molecule has 3 aromatic rings. The van der Waals surface area contributed by atoms with Crippen LogP contribution >= 0.6 is 0 Å². The van der Waals surface area contributed by atoms with Crippen molar-refractivity contribution in [1.29, 1.82) is 0 Å². The number of rotatable bonds is 3. The van der Waals surface area contributed by atoms with E-state index in [0.29, 0.717) is 11.4 Å². The van der Waals surface area contributed by atoms with Gasteiger partial charge in [-0.05, 0) is 30.3 Å². The highest BCUT2D eigenvalue weighted by Gasteiger charge is 2.10. The molecule has 1 aromatic carbocycles. The van der Waals surface area contributed by atoms with E-state index in [2.05, 4.69) is 15.4 Å². The number of carbonyl (C=O) groups excluding carboxylic acids is 1. The number of para-hydroxylation sites is 1. The maximum Gasteiger partial charge on any atom is 0.276 e. The van der Waals surface area contributed by atoms with Crippen LogP contribution in [-0.4, -0.2) is 20.7 Å². The van der Waals surface area contributed by atoms with Crippen LogP contribution in [0, 0.1) is 0 Å². The van der Waals surface area contributed by atoms with E-state index in [-0.39, 0.29) is 11.3 Å². The van der Waals surface area contributed by atoms with Gasteiger partial charge in [0.2, 0.25) is 0 Å². The number of aromatic nitrogens is 3. The van der Waals surface area contributed by atoms with Crippen LogP contribution in [-0.2, 0) is 0 Å². The van der Waals surface area contributed by atoms with Gasteiger partial charge >= 0.3 is 0 Å². The highest BCUT2D eigenvalue weighted by Crippen LogP contribution is 2.06. The first-order chi connectivity index (χ1) is 10.7. The lowest BCUT2D eigenvalue weighted by Gasteiger charge is -2.07. The first kappa shape index (κ1) is 13.7. The second-order valence-electron chi connectivity index (χ2n) is 4.50. The van der Waals surface area contributed by atoms with Crippen molar-refractivity contribution >= 4 is 11.6 Å². The number of hydrogen-bond donors (Lipinski definition) is 1. The van der Waals surface area contributed by atoms with Crippen LogP contribution in [0.4, 0.5) is 5.69 Å². The predicted octanol–water partition coefficient (Wildman–Crippen LogP) is 1.88. The highest BCUT2D eigenvalue weighted by atomic mass is 16.2. The van der Waals surface area contributed by atoms with E-state index in [0.717, 1.165) is 0 Å². The van der Waals surface area contributed by atoms with E-state index in [1.807, 2.05) is 6.07 Å². The van der Waals surface area contributed by atoms with E-state index in [1.165, 1.54) is 23.0 Å². The fourth-order valence-electron chi connectivity index (χ4n) is 1.92. The molecule has 1 amide bonds. The van der Waals surface area contributed by atoms with Crippen molar-refractivity contribution in [3.63, 3.8) is 0 Å². The van der Waals surface area contributed by atoms with Crippen LogP contribution in [0.3, 0.4) is 0 Å². The normalized spacial score (nSPS) is 10.2. The third-order valence-corrected chi connectivity index (χ3v) is 2.95. The third-order valence-electron chi connectivity index (χ3n) is 2.95. The molecule has 0 saturated heterocycles. The van der Waals surface area contributed by atoms with Crippen LogP contribution in [0.15, 0.2) is 71.8 Å². The topological polar surface area (TPSA) is 76.9 Å². The van der Waals surface area contributed by atoms with Crippen LogP contribution in [0.1, 0.15) is 10.5 Å². The molecule has 0 unspecified atom stereocenters. The molecule has 0 bridgehead atoms. The monoisotopic (exact) mass is 292 g/mol. The fourth-order valence-corrected chi connectivity index (χ4v) is 1.92. The molecular weight excluding hydrogens is 280 g/mol. The van der Waals surface area contributed by atoms with Gasteiger partial charge in [-0.2, -0.15) is 9.78 Å². The number of hydrogen-bond acceptors (Lipinski definition) is 4. The summed E-state index contributed by atoms with van der Waals surface area (Å²) in [5.41, 5.74) is 1.01. The minimum Gasteiger partial charge on any atom is -0.319 e. The van der Waals surface area contributed by atoms with Crippen molar-refractivity contribution in [2.45, 2.75) is 0 Å². The lowest BCUT2D eigenvalue weighted by Crippen LogP contribution is -2.24. The van der Waals surface area contributed by atoms with E-state index in [1.54, 1.807) is 42.6 Å². The van der Waals surface area contributed by atoms with E-state index in [9.17, 15) is 9.59 Å². The number of pyridine rings is 1. The molecule has 0 saturated carbocycles. The zero-order valence-electron chi connectivity index (χ0n) is 11.5. The first-order valence-electron chi connectivity index (χ1n) is 6.61. The van der Waals surface area contributed by atoms with Crippen LogP contribution in [0.2, 0.25) is 0 Å². The van der Waals surface area contributed by atoms with Gasteiger partial charge in [-0.3, -0.25) is 14.6 Å². The summed E-state index contributed by atoms with van der Waals surface area (Å²) in [6.07, 6.45) is 3.15. The Bertz CT molecular complexity index is 845. The lowest BCUT2D eigenvalue weighted by atomic mass is 10.3. The van der Waals surface area contributed by atoms with Gasteiger partial charge in [0.15, 0.2) is 0 Å². The Kier molecular flexibility index (Phi) is 3.74. The Morgan fingerprint density at radius 3 is 2.55 bits per heavy atom. The molecule has 22 heavy (non-hydrogen) atoms. The average Bonchev–Trinajstić information content (AvgIpc) is 2.57. The van der Waals surface area contributed by atoms with Gasteiger partial charge in [-0.15, -0.1) is 0 Å². The van der Waals surface area contributed by atoms with E-state index >= 15 is 0 Å². The summed E-state index contributed by atoms with van der Waals surface area (Å²) in [5.74, 6) is -0.405. The number of anilines is 1. The Balaban J connectivity index is 1.92. The molecule has 0 aliphatic heterocycles. The second kappa shape index (κ2) is 6.01. The molecule has 2 aromatic heterocycles. The number of nitrogens with one attached hydrogen (secondary N) is 1. The molecule has 0 radical (unpaired) electrons. The van der Waals surface area contributed by atoms with Crippen LogP contribution in [0.25, 0.3) is 5.69 Å². The molecule has 0 fully saturated rings. The Labute approximate surface area is 126 Å². The predicted molar refractivity (Wildman–Crippen MR) is 82.0 cm³/mol. The first-order valence-corrected chi connectivity index (χ1v) is 6.61. The molecule has 0 aliphatic rings. The van der Waals surface area contributed by atoms with Crippen molar-refractivity contribution in [3.05, 3.63) is 83.0 Å². The summed E-state index contributed by atoms with van der Waals surface area (Å²) in [4.78, 5) is 28.0. The molecule has 3 rings (SSSR count). The number of nitrogens with zero attached hydrogens (tertiary/aromatic N) is 3. The standard InChI is InChI=1S/C16H12N4O2/c21-15-9-8-14(16(22)18-12-5-4-10-17-11-12)19-20(15)13-6-2-1-3-7-13/h1-11H,(H,18,22). The van der Waals surface area contributed by atoms with Crippen molar-refractivity contribution in [2.24, 2.45) is 0 Å². The molecule has 6 heteroatoms. The number of benzene rings is 1. The smallest absolute Gasteiger partial charge is 0.276 e. The summed E-state index contributed by atoms with van der Waals surface area (Å²) < 4.78 is 1.19. The van der Waals surface area contributed by atoms with Crippen LogP contribution in [0.5, 0.6) is 0 Å². The van der Waals surface area contributed by atoms with E-state index < -0.39 is 5.91 Å². The minimum atomic E-state index is -0.405. The summed E-state index contributed by atoms with van der Waals surface area (Å²) in [6.45, 7) is 0.